The number of carboxylic acids is 2. The van der Waals surface area contributed by atoms with Crippen LogP contribution in [0.15, 0.2) is 48.5 Å². The molecule has 2 N–H and O–H groups in total. The molecule has 0 bridgehead atoms. The molecule has 0 heterocycles. The van der Waals surface area contributed by atoms with E-state index in [1.165, 1.54) is 0 Å². The van der Waals surface area contributed by atoms with Gasteiger partial charge in [0.1, 0.15) is 11.5 Å². The summed E-state index contributed by atoms with van der Waals surface area (Å²) in [5.74, 6) is -1.20. The van der Waals surface area contributed by atoms with Crippen LogP contribution in [0.1, 0.15) is 11.1 Å². The Morgan fingerprint density at radius 1 is 0.783 bits per heavy atom. The summed E-state index contributed by atoms with van der Waals surface area (Å²) < 4.78 is 10.7. The number of aliphatic carboxylic acids is 2. The van der Waals surface area contributed by atoms with Gasteiger partial charge in [0.05, 0.1) is 12.8 Å². The fourth-order valence-electron chi connectivity index (χ4n) is 1.98. The van der Waals surface area contributed by atoms with Crippen molar-refractivity contribution in [3.05, 3.63) is 59.7 Å². The highest BCUT2D eigenvalue weighted by Crippen LogP contribution is 2.21. The smallest absolute Gasteiger partial charge is 0.526 e. The van der Waals surface area contributed by atoms with Crippen LogP contribution in [0.4, 0.5) is 0 Å². The van der Waals surface area contributed by atoms with E-state index in [0.29, 0.717) is 22.6 Å². The first-order valence-corrected chi connectivity index (χ1v) is 6.80. The molecule has 23 heavy (non-hydrogen) atoms. The van der Waals surface area contributed by atoms with E-state index >= 15 is 0 Å². The van der Waals surface area contributed by atoms with E-state index in [1.54, 1.807) is 48.5 Å². The molecule has 1 radical (unpaired) electrons. The van der Waals surface area contributed by atoms with Gasteiger partial charge in [-0.1, -0.05) is 36.4 Å². The maximum Gasteiger partial charge on any atom is 0.658 e. The molecular formula is C16H14BO6. The quantitative estimate of drug-likeness (QED) is 0.723. The highest BCUT2D eigenvalue weighted by molar-refractivity contribution is 6.20. The van der Waals surface area contributed by atoms with E-state index in [9.17, 15) is 9.59 Å². The number of hydrogen-bond donors (Lipinski definition) is 2. The highest BCUT2D eigenvalue weighted by Gasteiger charge is 2.12. The third-order valence-corrected chi connectivity index (χ3v) is 2.98. The minimum absolute atomic E-state index is 0.167. The molecule has 0 amide bonds. The zero-order valence-electron chi connectivity index (χ0n) is 12.1. The summed E-state index contributed by atoms with van der Waals surface area (Å²) in [6.45, 7) is 0. The van der Waals surface area contributed by atoms with Crippen molar-refractivity contribution < 1.29 is 29.1 Å². The lowest BCUT2D eigenvalue weighted by atomic mass is 10.1. The van der Waals surface area contributed by atoms with Crippen LogP contribution >= 0.6 is 0 Å². The minimum atomic E-state index is -0.964. The Bertz CT molecular complexity index is 641. The van der Waals surface area contributed by atoms with Gasteiger partial charge < -0.3 is 19.5 Å². The van der Waals surface area contributed by atoms with E-state index in [-0.39, 0.29) is 12.8 Å². The lowest BCUT2D eigenvalue weighted by molar-refractivity contribution is -0.137. The summed E-state index contributed by atoms with van der Waals surface area (Å²) in [4.78, 5) is 21.6. The summed E-state index contributed by atoms with van der Waals surface area (Å²) in [6.07, 6.45) is -0.334. The van der Waals surface area contributed by atoms with Crippen molar-refractivity contribution in [2.45, 2.75) is 12.8 Å². The third-order valence-electron chi connectivity index (χ3n) is 2.98. The SMILES string of the molecule is O=C(O)Cc1ccccc1O[B]Oc1ccccc1CC(=O)O. The van der Waals surface area contributed by atoms with Crippen molar-refractivity contribution in [1.29, 1.82) is 0 Å². The van der Waals surface area contributed by atoms with Gasteiger partial charge in [-0.15, -0.1) is 0 Å². The normalized spacial score (nSPS) is 9.91. The Hall–Kier alpha value is -2.96. The van der Waals surface area contributed by atoms with Gasteiger partial charge in [-0.25, -0.2) is 0 Å². The largest absolute Gasteiger partial charge is 0.658 e. The summed E-state index contributed by atoms with van der Waals surface area (Å²) in [5, 5.41) is 17.7. The van der Waals surface area contributed by atoms with Crippen LogP contribution in [0, 0.1) is 0 Å². The standard InChI is InChI=1S/C16H14BO6/c18-15(19)9-11-5-1-3-7-13(11)22-17-23-14-8-4-2-6-12(14)10-16(20)21/h1-8H,9-10H2,(H,18,19)(H,20,21). The van der Waals surface area contributed by atoms with Gasteiger partial charge in [0.2, 0.25) is 0 Å². The van der Waals surface area contributed by atoms with Crippen molar-refractivity contribution in [2.75, 3.05) is 0 Å². The number of rotatable bonds is 8. The average molecular weight is 313 g/mol. The maximum atomic E-state index is 10.8. The first-order chi connectivity index (χ1) is 11.1. The van der Waals surface area contributed by atoms with Gasteiger partial charge >= 0.3 is 19.6 Å². The summed E-state index contributed by atoms with van der Waals surface area (Å²) in [6, 6.07) is 13.4. The summed E-state index contributed by atoms with van der Waals surface area (Å²) in [7, 11) is 1.06. The van der Waals surface area contributed by atoms with Gasteiger partial charge in [0.15, 0.2) is 0 Å². The second-order valence-electron chi connectivity index (χ2n) is 4.69. The molecule has 6 nitrogen and oxygen atoms in total. The molecule has 0 atom stereocenters. The van der Waals surface area contributed by atoms with Gasteiger partial charge in [-0.05, 0) is 12.1 Å². The van der Waals surface area contributed by atoms with Crippen molar-refractivity contribution in [3.8, 4) is 11.5 Å². The number of benzene rings is 2. The molecule has 0 aliphatic carbocycles. The molecule has 0 spiro atoms. The van der Waals surface area contributed by atoms with E-state index in [4.69, 9.17) is 19.5 Å². The topological polar surface area (TPSA) is 93.1 Å². The summed E-state index contributed by atoms with van der Waals surface area (Å²) in [5.41, 5.74) is 1.03. The molecule has 0 aromatic heterocycles. The fraction of sp³-hybridized carbons (Fsp3) is 0.125. The van der Waals surface area contributed by atoms with Crippen LogP contribution < -0.4 is 9.31 Å². The Kier molecular flexibility index (Phi) is 5.63. The number of carboxylic acid groups (broad SMARTS) is 2. The third kappa shape index (κ3) is 5.07. The molecule has 2 rings (SSSR count). The van der Waals surface area contributed by atoms with Crippen molar-refractivity contribution in [1.82, 2.24) is 0 Å². The minimum Gasteiger partial charge on any atom is -0.526 e. The number of hydrogen-bond acceptors (Lipinski definition) is 4. The Morgan fingerprint density at radius 2 is 1.17 bits per heavy atom. The Balaban J connectivity index is 2.01. The zero-order chi connectivity index (χ0) is 16.7. The molecule has 0 unspecified atom stereocenters. The fourth-order valence-corrected chi connectivity index (χ4v) is 1.98. The molecule has 7 heteroatoms. The molecule has 2 aromatic rings. The van der Waals surface area contributed by atoms with Crippen LogP contribution in [-0.4, -0.2) is 29.8 Å². The second kappa shape index (κ2) is 7.88. The number of carbonyl (C=O) groups is 2. The van der Waals surface area contributed by atoms with Crippen LogP contribution in [0.5, 0.6) is 11.5 Å². The lowest BCUT2D eigenvalue weighted by Gasteiger charge is -2.12. The lowest BCUT2D eigenvalue weighted by Crippen LogP contribution is -2.14. The molecule has 0 aliphatic heterocycles. The first kappa shape index (κ1) is 16.4. The maximum absolute atomic E-state index is 10.8. The van der Waals surface area contributed by atoms with Crippen molar-refractivity contribution >= 4 is 19.6 Å². The Morgan fingerprint density at radius 3 is 1.57 bits per heavy atom. The highest BCUT2D eigenvalue weighted by atomic mass is 16.6. The van der Waals surface area contributed by atoms with E-state index in [2.05, 4.69) is 0 Å². The van der Waals surface area contributed by atoms with E-state index in [1.807, 2.05) is 0 Å². The number of para-hydroxylation sites is 2. The Labute approximate surface area is 133 Å². The predicted molar refractivity (Wildman–Crippen MR) is 82.6 cm³/mol. The molecule has 0 saturated carbocycles. The average Bonchev–Trinajstić information content (AvgIpc) is 2.49. The van der Waals surface area contributed by atoms with Crippen molar-refractivity contribution in [2.24, 2.45) is 0 Å². The van der Waals surface area contributed by atoms with Crippen LogP contribution in [-0.2, 0) is 22.4 Å². The van der Waals surface area contributed by atoms with Gasteiger partial charge in [-0.2, -0.15) is 0 Å². The molecule has 0 aliphatic rings. The molecule has 117 valence electrons. The van der Waals surface area contributed by atoms with Crippen LogP contribution in [0.2, 0.25) is 0 Å². The predicted octanol–water partition coefficient (Wildman–Crippen LogP) is 1.93. The molecule has 2 aromatic carbocycles. The van der Waals surface area contributed by atoms with E-state index in [0.717, 1.165) is 7.69 Å². The monoisotopic (exact) mass is 313 g/mol. The first-order valence-electron chi connectivity index (χ1n) is 6.80. The van der Waals surface area contributed by atoms with Crippen LogP contribution in [0.25, 0.3) is 0 Å². The summed E-state index contributed by atoms with van der Waals surface area (Å²) >= 11 is 0. The zero-order valence-corrected chi connectivity index (χ0v) is 12.1. The van der Waals surface area contributed by atoms with Crippen LogP contribution in [0.3, 0.4) is 0 Å². The molecular weight excluding hydrogens is 299 g/mol. The second-order valence-corrected chi connectivity index (χ2v) is 4.69. The van der Waals surface area contributed by atoms with Gasteiger partial charge in [-0.3, -0.25) is 9.59 Å². The van der Waals surface area contributed by atoms with Gasteiger partial charge in [0, 0.05) is 11.1 Å². The molecule has 0 fully saturated rings. The van der Waals surface area contributed by atoms with Gasteiger partial charge in [0.25, 0.3) is 0 Å². The van der Waals surface area contributed by atoms with Crippen molar-refractivity contribution in [3.63, 3.8) is 0 Å². The van der Waals surface area contributed by atoms with E-state index < -0.39 is 11.9 Å². The molecule has 0 saturated heterocycles.